The van der Waals surface area contributed by atoms with Gasteiger partial charge < -0.3 is 24.5 Å². The predicted octanol–water partition coefficient (Wildman–Crippen LogP) is 4.58. The van der Waals surface area contributed by atoms with E-state index in [9.17, 15) is 23.2 Å². The van der Waals surface area contributed by atoms with Crippen molar-refractivity contribution in [2.45, 2.75) is 6.61 Å². The predicted molar refractivity (Wildman–Crippen MR) is 110 cm³/mol. The molecule has 1 aromatic heterocycles. The molecule has 2 amide bonds. The maximum atomic E-state index is 12.2. The van der Waals surface area contributed by atoms with Crippen molar-refractivity contribution in [1.29, 1.82) is 0 Å². The highest BCUT2D eigenvalue weighted by molar-refractivity contribution is 6.32. The van der Waals surface area contributed by atoms with Gasteiger partial charge in [-0.3, -0.25) is 9.59 Å². The van der Waals surface area contributed by atoms with Crippen LogP contribution in [0, 0.1) is 0 Å². The van der Waals surface area contributed by atoms with Gasteiger partial charge >= 0.3 is 12.6 Å². The van der Waals surface area contributed by atoms with Gasteiger partial charge in [0.25, 0.3) is 11.8 Å². The summed E-state index contributed by atoms with van der Waals surface area (Å²) < 4.78 is 38.6. The highest BCUT2D eigenvalue weighted by Crippen LogP contribution is 2.28. The molecule has 2 N–H and O–H groups in total. The second-order valence-electron chi connectivity index (χ2n) is 6.16. The summed E-state index contributed by atoms with van der Waals surface area (Å²) in [5.41, 5.74) is 0.788. The summed E-state index contributed by atoms with van der Waals surface area (Å²) >= 11 is 5.81. The zero-order valence-electron chi connectivity index (χ0n) is 16.1. The Morgan fingerprint density at radius 3 is 2.34 bits per heavy atom. The van der Waals surface area contributed by atoms with Crippen LogP contribution in [0.2, 0.25) is 5.02 Å². The summed E-state index contributed by atoms with van der Waals surface area (Å²) in [5, 5.41) is 4.89. The molecule has 8 nitrogen and oxygen atoms in total. The van der Waals surface area contributed by atoms with E-state index < -0.39 is 31.0 Å². The maximum absolute atomic E-state index is 12.2. The summed E-state index contributed by atoms with van der Waals surface area (Å²) in [6, 6.07) is 12.6. The van der Waals surface area contributed by atoms with Gasteiger partial charge in [-0.15, -0.1) is 0 Å². The molecule has 3 rings (SSSR count). The van der Waals surface area contributed by atoms with Crippen molar-refractivity contribution < 1.29 is 37.1 Å². The largest absolute Gasteiger partial charge is 0.459 e. The lowest BCUT2D eigenvalue weighted by Crippen LogP contribution is -2.21. The minimum atomic E-state index is -3.03. The lowest BCUT2D eigenvalue weighted by atomic mass is 10.2. The Kier molecular flexibility index (Phi) is 7.40. The molecule has 0 aliphatic rings. The van der Waals surface area contributed by atoms with Crippen LogP contribution in [-0.4, -0.2) is 31.0 Å². The number of ether oxygens (including phenoxy) is 2. The van der Waals surface area contributed by atoms with E-state index in [0.29, 0.717) is 5.69 Å². The van der Waals surface area contributed by atoms with Crippen LogP contribution in [0.15, 0.2) is 65.3 Å². The Hall–Kier alpha value is -3.92. The van der Waals surface area contributed by atoms with Crippen molar-refractivity contribution in [3.05, 3.63) is 77.2 Å². The van der Waals surface area contributed by atoms with Crippen LogP contribution in [0.3, 0.4) is 0 Å². The average Bonchev–Trinajstić information content (AvgIpc) is 3.29. The topological polar surface area (TPSA) is 107 Å². The zero-order chi connectivity index (χ0) is 23.1. The average molecular weight is 465 g/mol. The highest BCUT2D eigenvalue weighted by atomic mass is 35.5. The third kappa shape index (κ3) is 6.29. The smallest absolute Gasteiger partial charge is 0.387 e. The molecule has 0 aliphatic carbocycles. The van der Waals surface area contributed by atoms with Gasteiger partial charge in [0.1, 0.15) is 5.75 Å². The van der Waals surface area contributed by atoms with Gasteiger partial charge in [-0.05, 0) is 54.6 Å². The molecule has 166 valence electrons. The number of carbonyl (C=O) groups is 3. The van der Waals surface area contributed by atoms with Crippen molar-refractivity contribution in [3.63, 3.8) is 0 Å². The van der Waals surface area contributed by atoms with E-state index in [2.05, 4.69) is 15.4 Å². The second-order valence-corrected chi connectivity index (χ2v) is 6.56. The van der Waals surface area contributed by atoms with Gasteiger partial charge in [-0.2, -0.15) is 8.78 Å². The van der Waals surface area contributed by atoms with Crippen LogP contribution in [0.1, 0.15) is 20.9 Å². The summed E-state index contributed by atoms with van der Waals surface area (Å²) in [6.45, 7) is -3.63. The first-order chi connectivity index (χ1) is 15.3. The molecule has 0 fully saturated rings. The van der Waals surface area contributed by atoms with E-state index >= 15 is 0 Å². The number of rotatable bonds is 8. The molecule has 0 atom stereocenters. The third-order valence-electron chi connectivity index (χ3n) is 3.89. The summed E-state index contributed by atoms with van der Waals surface area (Å²) in [6.07, 6.45) is 1.37. The van der Waals surface area contributed by atoms with Crippen molar-refractivity contribution in [2.75, 3.05) is 17.2 Å². The van der Waals surface area contributed by atoms with Crippen molar-refractivity contribution in [2.24, 2.45) is 0 Å². The number of esters is 1. The summed E-state index contributed by atoms with van der Waals surface area (Å²) in [5.74, 6) is -1.98. The number of halogens is 3. The van der Waals surface area contributed by atoms with E-state index in [1.807, 2.05) is 0 Å². The van der Waals surface area contributed by atoms with E-state index in [0.717, 1.165) is 0 Å². The normalized spacial score (nSPS) is 10.5. The first kappa shape index (κ1) is 22.8. The molecular weight excluding hydrogens is 450 g/mol. The van der Waals surface area contributed by atoms with E-state index in [-0.39, 0.29) is 27.8 Å². The number of nitrogens with one attached hydrogen (secondary N) is 2. The lowest BCUT2D eigenvalue weighted by molar-refractivity contribution is -0.119. The number of hydrogen-bond acceptors (Lipinski definition) is 6. The molecule has 32 heavy (non-hydrogen) atoms. The van der Waals surface area contributed by atoms with Gasteiger partial charge in [0.05, 0.1) is 16.8 Å². The van der Waals surface area contributed by atoms with Crippen LogP contribution < -0.4 is 15.4 Å². The maximum Gasteiger partial charge on any atom is 0.387 e. The van der Waals surface area contributed by atoms with Crippen molar-refractivity contribution in [3.8, 4) is 5.75 Å². The van der Waals surface area contributed by atoms with Gasteiger partial charge in [-0.1, -0.05) is 11.6 Å². The molecule has 0 spiro atoms. The first-order valence-electron chi connectivity index (χ1n) is 8.98. The summed E-state index contributed by atoms with van der Waals surface area (Å²) in [4.78, 5) is 36.0. The molecule has 0 unspecified atom stereocenters. The molecule has 1 heterocycles. The Balaban J connectivity index is 1.49. The minimum Gasteiger partial charge on any atom is -0.459 e. The van der Waals surface area contributed by atoms with Crippen LogP contribution >= 0.6 is 11.6 Å². The van der Waals surface area contributed by atoms with Gasteiger partial charge in [-0.25, -0.2) is 4.79 Å². The molecule has 0 saturated carbocycles. The van der Waals surface area contributed by atoms with E-state index in [4.69, 9.17) is 20.8 Å². The fraction of sp³-hybridized carbons (Fsp3) is 0.0952. The van der Waals surface area contributed by atoms with Gasteiger partial charge in [0.15, 0.2) is 12.4 Å². The van der Waals surface area contributed by atoms with Crippen LogP contribution in [0.4, 0.5) is 20.2 Å². The van der Waals surface area contributed by atoms with Crippen LogP contribution in [0.25, 0.3) is 0 Å². The molecule has 0 aliphatic heterocycles. The fourth-order valence-corrected chi connectivity index (χ4v) is 2.70. The Bertz CT molecular complexity index is 1100. The molecule has 3 aromatic rings. The first-order valence-corrected chi connectivity index (χ1v) is 9.36. The van der Waals surface area contributed by atoms with Crippen molar-refractivity contribution in [1.82, 2.24) is 0 Å². The number of alkyl halides is 2. The SMILES string of the molecule is O=C(COC(=O)c1ccc(NC(=O)c2ccco2)cc1)Nc1ccc(OC(F)F)c(Cl)c1. The lowest BCUT2D eigenvalue weighted by Gasteiger charge is -2.10. The molecule has 0 radical (unpaired) electrons. The number of furan rings is 1. The van der Waals surface area contributed by atoms with Crippen molar-refractivity contribution >= 4 is 40.8 Å². The standard InChI is InChI=1S/C21H15ClF2N2O6/c22-15-10-14(7-8-16(15)32-21(23)24)25-18(27)11-31-20(29)12-3-5-13(6-4-12)26-19(28)17-2-1-9-30-17/h1-10,21H,11H2,(H,25,27)(H,26,28). The third-order valence-corrected chi connectivity index (χ3v) is 4.18. The van der Waals surface area contributed by atoms with Gasteiger partial charge in [0.2, 0.25) is 0 Å². The molecule has 0 bridgehead atoms. The Morgan fingerprint density at radius 1 is 1.00 bits per heavy atom. The van der Waals surface area contributed by atoms with Gasteiger partial charge in [0, 0.05) is 11.4 Å². The molecular formula is C21H15ClF2N2O6. The van der Waals surface area contributed by atoms with Crippen LogP contribution in [-0.2, 0) is 9.53 Å². The fourth-order valence-electron chi connectivity index (χ4n) is 2.47. The molecule has 0 saturated heterocycles. The number of hydrogen-bond donors (Lipinski definition) is 2. The second kappa shape index (κ2) is 10.4. The number of anilines is 2. The zero-order valence-corrected chi connectivity index (χ0v) is 16.9. The Morgan fingerprint density at radius 2 is 1.72 bits per heavy atom. The van der Waals surface area contributed by atoms with Crippen LogP contribution in [0.5, 0.6) is 5.75 Å². The number of benzene rings is 2. The highest BCUT2D eigenvalue weighted by Gasteiger charge is 2.14. The van der Waals surface area contributed by atoms with E-state index in [1.165, 1.54) is 54.8 Å². The monoisotopic (exact) mass is 464 g/mol. The number of amides is 2. The summed E-state index contributed by atoms with van der Waals surface area (Å²) in [7, 11) is 0. The Labute approximate surface area is 185 Å². The minimum absolute atomic E-state index is 0.126. The number of carbonyl (C=O) groups excluding carboxylic acids is 3. The van der Waals surface area contributed by atoms with E-state index in [1.54, 1.807) is 6.07 Å². The molecule has 11 heteroatoms. The quantitative estimate of drug-likeness (QED) is 0.472. The molecule has 2 aromatic carbocycles.